The first-order valence-corrected chi connectivity index (χ1v) is 7.78. The first-order chi connectivity index (χ1) is 10.3. The van der Waals surface area contributed by atoms with Crippen LogP contribution in [0.1, 0.15) is 24.8 Å². The van der Waals surface area contributed by atoms with Crippen molar-refractivity contribution in [2.75, 3.05) is 18.0 Å². The van der Waals surface area contributed by atoms with Gasteiger partial charge in [0, 0.05) is 41.6 Å². The lowest BCUT2D eigenvalue weighted by atomic mass is 10.0. The Balaban J connectivity index is 1.78. The quantitative estimate of drug-likeness (QED) is 0.871. The molecule has 2 atom stereocenters. The van der Waals surface area contributed by atoms with E-state index in [0.717, 1.165) is 24.0 Å². The van der Waals surface area contributed by atoms with Crippen molar-refractivity contribution in [3.05, 3.63) is 42.0 Å². The van der Waals surface area contributed by atoms with E-state index in [1.54, 1.807) is 0 Å². The molecule has 0 amide bonds. The summed E-state index contributed by atoms with van der Waals surface area (Å²) in [5.41, 5.74) is 2.04. The summed E-state index contributed by atoms with van der Waals surface area (Å²) >= 11 is 0. The highest BCUT2D eigenvalue weighted by molar-refractivity contribution is 5.97. The zero-order valence-electron chi connectivity index (χ0n) is 12.0. The summed E-state index contributed by atoms with van der Waals surface area (Å²) in [4.78, 5) is 2.50. The van der Waals surface area contributed by atoms with E-state index in [9.17, 15) is 5.26 Å². The highest BCUT2D eigenvalue weighted by Gasteiger charge is 2.29. The van der Waals surface area contributed by atoms with E-state index >= 15 is 0 Å². The Morgan fingerprint density at radius 3 is 2.67 bits per heavy atom. The fraction of sp³-hybridized carbons (Fsp3) is 0.389. The van der Waals surface area contributed by atoms with Crippen LogP contribution in [-0.4, -0.2) is 25.2 Å². The van der Waals surface area contributed by atoms with E-state index in [4.69, 9.17) is 0 Å². The molecule has 3 nitrogen and oxygen atoms in total. The number of hydrogen-bond acceptors (Lipinski definition) is 3. The molecule has 3 heteroatoms. The minimum atomic E-state index is 0.618. The third kappa shape index (κ3) is 2.16. The van der Waals surface area contributed by atoms with Gasteiger partial charge in [0.15, 0.2) is 0 Å². The van der Waals surface area contributed by atoms with Gasteiger partial charge in [-0.05, 0) is 31.4 Å². The predicted octanol–water partition coefficient (Wildman–Crippen LogP) is 3.04. The summed E-state index contributed by atoms with van der Waals surface area (Å²) in [6.45, 7) is 2.18. The standard InChI is InChI=1S/C18H19N3/c19-11-13-5-8-18(17-4-2-1-3-16(13)17)21-10-9-14-6-7-15(12-21)20-14/h1-5,8,14-15,20H,6-7,9-10,12H2. The number of rotatable bonds is 1. The van der Waals surface area contributed by atoms with Crippen LogP contribution in [-0.2, 0) is 0 Å². The zero-order valence-corrected chi connectivity index (χ0v) is 12.0. The van der Waals surface area contributed by atoms with Crippen molar-refractivity contribution < 1.29 is 0 Å². The first kappa shape index (κ1) is 12.7. The molecule has 0 saturated carbocycles. The van der Waals surface area contributed by atoms with E-state index in [1.807, 2.05) is 12.1 Å². The molecule has 0 spiro atoms. The van der Waals surface area contributed by atoms with Crippen molar-refractivity contribution in [1.29, 1.82) is 5.26 Å². The van der Waals surface area contributed by atoms with Crippen molar-refractivity contribution in [1.82, 2.24) is 5.32 Å². The smallest absolute Gasteiger partial charge is 0.0998 e. The molecule has 2 aromatic carbocycles. The molecule has 2 saturated heterocycles. The molecule has 2 unspecified atom stereocenters. The van der Waals surface area contributed by atoms with Crippen LogP contribution in [0, 0.1) is 11.3 Å². The van der Waals surface area contributed by atoms with E-state index in [-0.39, 0.29) is 0 Å². The molecule has 4 rings (SSSR count). The average Bonchev–Trinajstić information content (AvgIpc) is 2.86. The van der Waals surface area contributed by atoms with Gasteiger partial charge in [-0.25, -0.2) is 0 Å². The lowest BCUT2D eigenvalue weighted by molar-refractivity contribution is 0.563. The number of nitriles is 1. The van der Waals surface area contributed by atoms with Gasteiger partial charge in [-0.3, -0.25) is 0 Å². The average molecular weight is 277 g/mol. The summed E-state index contributed by atoms with van der Waals surface area (Å²) in [6.07, 6.45) is 3.83. The van der Waals surface area contributed by atoms with Gasteiger partial charge in [-0.2, -0.15) is 5.26 Å². The molecule has 2 aromatic rings. The molecule has 21 heavy (non-hydrogen) atoms. The van der Waals surface area contributed by atoms with Gasteiger partial charge in [0.2, 0.25) is 0 Å². The van der Waals surface area contributed by atoms with Crippen LogP contribution in [0.5, 0.6) is 0 Å². The number of benzene rings is 2. The van der Waals surface area contributed by atoms with Gasteiger partial charge in [-0.15, -0.1) is 0 Å². The third-order valence-electron chi connectivity index (χ3n) is 4.89. The molecule has 0 aliphatic carbocycles. The summed E-state index contributed by atoms with van der Waals surface area (Å²) in [5.74, 6) is 0. The minimum Gasteiger partial charge on any atom is -0.369 e. The Kier molecular flexibility index (Phi) is 3.05. The Morgan fingerprint density at radius 2 is 1.81 bits per heavy atom. The maximum absolute atomic E-state index is 9.29. The zero-order chi connectivity index (χ0) is 14.2. The highest BCUT2D eigenvalue weighted by atomic mass is 15.2. The SMILES string of the molecule is N#Cc1ccc(N2CCC3CCC(C2)N3)c2ccccc12. The molecule has 1 N–H and O–H groups in total. The summed E-state index contributed by atoms with van der Waals surface area (Å²) in [5, 5.41) is 15.3. The topological polar surface area (TPSA) is 39.1 Å². The molecule has 2 fully saturated rings. The fourth-order valence-corrected chi connectivity index (χ4v) is 3.82. The van der Waals surface area contributed by atoms with Crippen LogP contribution in [0.25, 0.3) is 10.8 Å². The Bertz CT molecular complexity index is 716. The van der Waals surface area contributed by atoms with Crippen molar-refractivity contribution in [3.63, 3.8) is 0 Å². The van der Waals surface area contributed by atoms with Crippen molar-refractivity contribution >= 4 is 16.5 Å². The third-order valence-corrected chi connectivity index (χ3v) is 4.89. The van der Waals surface area contributed by atoms with Gasteiger partial charge < -0.3 is 10.2 Å². The summed E-state index contributed by atoms with van der Waals surface area (Å²) in [6, 6.07) is 16.0. The highest BCUT2D eigenvalue weighted by Crippen LogP contribution is 2.32. The monoisotopic (exact) mass is 277 g/mol. The molecule has 2 aliphatic heterocycles. The Morgan fingerprint density at radius 1 is 1.00 bits per heavy atom. The Labute approximate surface area is 125 Å². The molecule has 0 aromatic heterocycles. The van der Waals surface area contributed by atoms with E-state index < -0.39 is 0 Å². The van der Waals surface area contributed by atoms with E-state index in [1.165, 1.54) is 30.3 Å². The molecule has 2 aliphatic rings. The lowest BCUT2D eigenvalue weighted by Gasteiger charge is -2.28. The Hall–Kier alpha value is -2.05. The molecular formula is C18H19N3. The van der Waals surface area contributed by atoms with Crippen molar-refractivity contribution in [2.24, 2.45) is 0 Å². The molecule has 2 heterocycles. The minimum absolute atomic E-state index is 0.618. The summed E-state index contributed by atoms with van der Waals surface area (Å²) < 4.78 is 0. The number of hydrogen-bond donors (Lipinski definition) is 1. The number of fused-ring (bicyclic) bond motifs is 3. The second kappa shape index (κ2) is 5.05. The van der Waals surface area contributed by atoms with Crippen LogP contribution in [0.3, 0.4) is 0 Å². The van der Waals surface area contributed by atoms with Crippen LogP contribution in [0.15, 0.2) is 36.4 Å². The van der Waals surface area contributed by atoms with Crippen LogP contribution in [0.4, 0.5) is 5.69 Å². The second-order valence-corrected chi connectivity index (χ2v) is 6.16. The van der Waals surface area contributed by atoms with Crippen LogP contribution in [0.2, 0.25) is 0 Å². The first-order valence-electron chi connectivity index (χ1n) is 7.78. The largest absolute Gasteiger partial charge is 0.369 e. The molecule has 106 valence electrons. The summed E-state index contributed by atoms with van der Waals surface area (Å²) in [7, 11) is 0. The second-order valence-electron chi connectivity index (χ2n) is 6.16. The number of nitrogens with one attached hydrogen (secondary N) is 1. The lowest BCUT2D eigenvalue weighted by Crippen LogP contribution is -2.35. The van der Waals surface area contributed by atoms with E-state index in [2.05, 4.69) is 40.6 Å². The van der Waals surface area contributed by atoms with Gasteiger partial charge in [0.25, 0.3) is 0 Å². The maximum Gasteiger partial charge on any atom is 0.0998 e. The predicted molar refractivity (Wildman–Crippen MR) is 85.4 cm³/mol. The van der Waals surface area contributed by atoms with Gasteiger partial charge in [0.05, 0.1) is 11.6 Å². The van der Waals surface area contributed by atoms with Gasteiger partial charge in [0.1, 0.15) is 0 Å². The molecule has 2 bridgehead atoms. The van der Waals surface area contributed by atoms with Crippen LogP contribution < -0.4 is 10.2 Å². The molecular weight excluding hydrogens is 258 g/mol. The van der Waals surface area contributed by atoms with Crippen molar-refractivity contribution in [2.45, 2.75) is 31.3 Å². The van der Waals surface area contributed by atoms with Crippen LogP contribution >= 0.6 is 0 Å². The van der Waals surface area contributed by atoms with Gasteiger partial charge in [-0.1, -0.05) is 24.3 Å². The van der Waals surface area contributed by atoms with E-state index in [0.29, 0.717) is 12.1 Å². The molecule has 0 radical (unpaired) electrons. The van der Waals surface area contributed by atoms with Crippen molar-refractivity contribution in [3.8, 4) is 6.07 Å². The normalized spacial score (nSPS) is 24.8. The number of nitrogens with zero attached hydrogens (tertiary/aromatic N) is 2. The van der Waals surface area contributed by atoms with Gasteiger partial charge >= 0.3 is 0 Å². The number of anilines is 1. The maximum atomic E-state index is 9.29. The fourth-order valence-electron chi connectivity index (χ4n) is 3.82.